The number of hydrogen-bond donors (Lipinski definition) is 0. The zero-order chi connectivity index (χ0) is 17.2. The van der Waals surface area contributed by atoms with Gasteiger partial charge in [0, 0.05) is 19.5 Å². The molecule has 0 bridgehead atoms. The number of benzene rings is 1. The number of hydrogen-bond acceptors (Lipinski definition) is 3. The molecule has 128 valence electrons. The number of nitrogens with zero attached hydrogens (tertiary/aromatic N) is 1. The van der Waals surface area contributed by atoms with E-state index in [0.717, 1.165) is 5.56 Å². The van der Waals surface area contributed by atoms with Crippen LogP contribution in [0.5, 0.6) is 0 Å². The quantitative estimate of drug-likeness (QED) is 0.798. The third-order valence-corrected chi connectivity index (χ3v) is 6.58. The zero-order valence-electron chi connectivity index (χ0n) is 13.9. The van der Waals surface area contributed by atoms with Gasteiger partial charge >= 0.3 is 0 Å². The van der Waals surface area contributed by atoms with E-state index in [-0.39, 0.29) is 42.9 Å². The molecular formula is C17H24FNO3S. The van der Waals surface area contributed by atoms with Crippen molar-refractivity contribution in [2.45, 2.75) is 38.9 Å². The van der Waals surface area contributed by atoms with E-state index in [1.165, 1.54) is 6.07 Å². The fraction of sp³-hybridized carbons (Fsp3) is 0.588. The Morgan fingerprint density at radius 1 is 1.35 bits per heavy atom. The predicted octanol–water partition coefficient (Wildman–Crippen LogP) is 2.35. The van der Waals surface area contributed by atoms with E-state index >= 15 is 0 Å². The lowest BCUT2D eigenvalue weighted by atomic mass is 10.1. The number of aryl methyl sites for hydroxylation is 2. The molecule has 0 N–H and O–H groups in total. The Kier molecular flexibility index (Phi) is 5.45. The summed E-state index contributed by atoms with van der Waals surface area (Å²) < 4.78 is 37.6. The number of carbonyl (C=O) groups excluding carboxylic acids is 1. The van der Waals surface area contributed by atoms with Crippen LogP contribution in [0, 0.1) is 18.7 Å². The summed E-state index contributed by atoms with van der Waals surface area (Å²) in [5.74, 6) is -0.0654. The van der Waals surface area contributed by atoms with Gasteiger partial charge < -0.3 is 4.90 Å². The lowest BCUT2D eigenvalue weighted by Gasteiger charge is -2.39. The highest BCUT2D eigenvalue weighted by molar-refractivity contribution is 7.92. The fourth-order valence-corrected chi connectivity index (χ4v) is 4.69. The first-order chi connectivity index (χ1) is 10.7. The minimum atomic E-state index is -3.11. The zero-order valence-corrected chi connectivity index (χ0v) is 14.7. The van der Waals surface area contributed by atoms with E-state index in [0.29, 0.717) is 12.0 Å². The van der Waals surface area contributed by atoms with Crippen molar-refractivity contribution in [2.24, 2.45) is 5.92 Å². The van der Waals surface area contributed by atoms with Gasteiger partial charge in [0.25, 0.3) is 0 Å². The Balaban J connectivity index is 1.81. The molecule has 0 aliphatic carbocycles. The number of rotatable bonds is 6. The van der Waals surface area contributed by atoms with Crippen molar-refractivity contribution in [3.05, 3.63) is 35.1 Å². The molecule has 0 spiro atoms. The van der Waals surface area contributed by atoms with Crippen LogP contribution in [0.1, 0.15) is 31.4 Å². The van der Waals surface area contributed by atoms with Crippen molar-refractivity contribution in [2.75, 3.05) is 18.8 Å². The average Bonchev–Trinajstić information content (AvgIpc) is 2.36. The third-order valence-electron chi connectivity index (χ3n) is 4.14. The molecule has 23 heavy (non-hydrogen) atoms. The van der Waals surface area contributed by atoms with E-state index in [1.807, 2.05) is 19.9 Å². The molecule has 1 aliphatic rings. The summed E-state index contributed by atoms with van der Waals surface area (Å²) in [4.78, 5) is 13.7. The van der Waals surface area contributed by atoms with Gasteiger partial charge in [0.2, 0.25) is 5.91 Å². The molecule has 1 fully saturated rings. The molecule has 1 aromatic rings. The van der Waals surface area contributed by atoms with Gasteiger partial charge in [-0.1, -0.05) is 26.0 Å². The highest BCUT2D eigenvalue weighted by Gasteiger charge is 2.39. The first-order valence-corrected chi connectivity index (χ1v) is 9.65. The van der Waals surface area contributed by atoms with Crippen molar-refractivity contribution in [3.63, 3.8) is 0 Å². The number of likely N-dealkylation sites (tertiary alicyclic amines) is 1. The summed E-state index contributed by atoms with van der Waals surface area (Å²) in [5, 5.41) is -0.425. The van der Waals surface area contributed by atoms with Gasteiger partial charge in [-0.05, 0) is 36.5 Å². The molecule has 1 heterocycles. The van der Waals surface area contributed by atoms with Gasteiger partial charge in [0.1, 0.15) is 5.82 Å². The molecule has 1 aliphatic heterocycles. The molecule has 1 saturated heterocycles. The maximum absolute atomic E-state index is 13.5. The number of amides is 1. The van der Waals surface area contributed by atoms with Gasteiger partial charge in [0.15, 0.2) is 9.84 Å². The van der Waals surface area contributed by atoms with Crippen molar-refractivity contribution in [1.29, 1.82) is 0 Å². The van der Waals surface area contributed by atoms with E-state index in [9.17, 15) is 17.6 Å². The molecule has 0 unspecified atom stereocenters. The highest BCUT2D eigenvalue weighted by atomic mass is 32.2. The Hall–Kier alpha value is -1.43. The monoisotopic (exact) mass is 341 g/mol. The van der Waals surface area contributed by atoms with Gasteiger partial charge in [-0.15, -0.1) is 0 Å². The summed E-state index contributed by atoms with van der Waals surface area (Å²) >= 11 is 0. The van der Waals surface area contributed by atoms with Crippen LogP contribution < -0.4 is 0 Å². The summed E-state index contributed by atoms with van der Waals surface area (Å²) in [6.07, 6.45) is 0.745. The van der Waals surface area contributed by atoms with Crippen molar-refractivity contribution in [1.82, 2.24) is 4.90 Å². The molecule has 1 aromatic carbocycles. The smallest absolute Gasteiger partial charge is 0.222 e. The number of carbonyl (C=O) groups is 1. The third kappa shape index (κ3) is 4.53. The Labute approximate surface area is 137 Å². The van der Waals surface area contributed by atoms with Crippen LogP contribution in [-0.4, -0.2) is 43.3 Å². The molecule has 1 amide bonds. The van der Waals surface area contributed by atoms with E-state index < -0.39 is 15.1 Å². The van der Waals surface area contributed by atoms with Crippen LogP contribution in [0.2, 0.25) is 0 Å². The number of halogens is 1. The first kappa shape index (κ1) is 17.9. The lowest BCUT2D eigenvalue weighted by Crippen LogP contribution is -2.57. The fourth-order valence-electron chi connectivity index (χ4n) is 2.67. The molecule has 4 nitrogen and oxygen atoms in total. The number of sulfone groups is 1. The van der Waals surface area contributed by atoms with Crippen molar-refractivity contribution >= 4 is 15.7 Å². The maximum Gasteiger partial charge on any atom is 0.222 e. The van der Waals surface area contributed by atoms with Crippen LogP contribution in [-0.2, 0) is 21.1 Å². The molecule has 0 atom stereocenters. The van der Waals surface area contributed by atoms with Crippen LogP contribution >= 0.6 is 0 Å². The Morgan fingerprint density at radius 3 is 2.57 bits per heavy atom. The van der Waals surface area contributed by atoms with Crippen molar-refractivity contribution in [3.8, 4) is 0 Å². The summed E-state index contributed by atoms with van der Waals surface area (Å²) in [5.41, 5.74) is 1.37. The average molecular weight is 341 g/mol. The molecular weight excluding hydrogens is 317 g/mol. The SMILES string of the molecule is Cc1ccc(CCC(=O)N2CC(S(=O)(=O)CC(C)C)C2)cc1F. The predicted molar refractivity (Wildman–Crippen MR) is 88.5 cm³/mol. The maximum atomic E-state index is 13.5. The second-order valence-corrected chi connectivity index (χ2v) is 9.05. The second kappa shape index (κ2) is 6.99. The summed E-state index contributed by atoms with van der Waals surface area (Å²) in [6, 6.07) is 4.97. The minimum absolute atomic E-state index is 0.0676. The van der Waals surface area contributed by atoms with Crippen LogP contribution in [0.3, 0.4) is 0 Å². The second-order valence-electron chi connectivity index (χ2n) is 6.73. The van der Waals surface area contributed by atoms with Gasteiger partial charge in [-0.2, -0.15) is 0 Å². The Morgan fingerprint density at radius 2 is 2.00 bits per heavy atom. The molecule has 0 saturated carbocycles. The molecule has 0 aromatic heterocycles. The van der Waals surface area contributed by atoms with Crippen molar-refractivity contribution < 1.29 is 17.6 Å². The molecule has 0 radical (unpaired) electrons. The van der Waals surface area contributed by atoms with E-state index in [1.54, 1.807) is 17.9 Å². The largest absolute Gasteiger partial charge is 0.340 e. The highest BCUT2D eigenvalue weighted by Crippen LogP contribution is 2.20. The van der Waals surface area contributed by atoms with Gasteiger partial charge in [0.05, 0.1) is 11.0 Å². The Bertz CT molecular complexity index is 679. The van der Waals surface area contributed by atoms with Gasteiger partial charge in [-0.3, -0.25) is 4.79 Å². The topological polar surface area (TPSA) is 54.5 Å². The van der Waals surface area contributed by atoms with Gasteiger partial charge in [-0.25, -0.2) is 12.8 Å². The summed E-state index contributed by atoms with van der Waals surface area (Å²) in [6.45, 7) is 6.02. The summed E-state index contributed by atoms with van der Waals surface area (Å²) in [7, 11) is -3.11. The van der Waals surface area contributed by atoms with Crippen LogP contribution in [0.15, 0.2) is 18.2 Å². The lowest BCUT2D eigenvalue weighted by molar-refractivity contribution is -0.134. The van der Waals surface area contributed by atoms with Crippen LogP contribution in [0.25, 0.3) is 0 Å². The van der Waals surface area contributed by atoms with Crippen LogP contribution in [0.4, 0.5) is 4.39 Å². The normalized spacial score (nSPS) is 15.8. The molecule has 2 rings (SSSR count). The molecule has 6 heteroatoms. The van der Waals surface area contributed by atoms with E-state index in [2.05, 4.69) is 0 Å². The minimum Gasteiger partial charge on any atom is -0.340 e. The standard InChI is InChI=1S/C17H24FNO3S/c1-12(2)11-23(21,22)15-9-19(10-15)17(20)7-6-14-5-4-13(3)16(18)8-14/h4-5,8,12,15H,6-7,9-11H2,1-3H3. The van der Waals surface area contributed by atoms with E-state index in [4.69, 9.17) is 0 Å². The first-order valence-electron chi connectivity index (χ1n) is 7.93.